The molecular weight excluding hydrogens is 192 g/mol. The Kier molecular flexibility index (Phi) is 9.00. The summed E-state index contributed by atoms with van der Waals surface area (Å²) in [5.41, 5.74) is 5.78. The lowest BCUT2D eigenvalue weighted by molar-refractivity contribution is 0.0920. The van der Waals surface area contributed by atoms with Gasteiger partial charge in [-0.3, -0.25) is 0 Å². The van der Waals surface area contributed by atoms with Gasteiger partial charge in [-0.15, -0.1) is 0 Å². The van der Waals surface area contributed by atoms with Crippen molar-refractivity contribution in [2.75, 3.05) is 47.6 Å². The zero-order chi connectivity index (χ0) is 11.7. The molecule has 15 heavy (non-hydrogen) atoms. The molecule has 0 aromatic carbocycles. The molecule has 0 rings (SSSR count). The average Bonchev–Trinajstić information content (AvgIpc) is 2.19. The number of nitrogens with zero attached hydrogens (tertiary/aromatic N) is 1. The lowest BCUT2D eigenvalue weighted by atomic mass is 10.0. The summed E-state index contributed by atoms with van der Waals surface area (Å²) in [5, 5.41) is 0. The topological polar surface area (TPSA) is 47.7 Å². The minimum Gasteiger partial charge on any atom is -0.385 e. The van der Waals surface area contributed by atoms with Crippen LogP contribution in [-0.4, -0.2) is 58.5 Å². The molecule has 2 N–H and O–H groups in total. The van der Waals surface area contributed by atoms with Crippen LogP contribution in [0.4, 0.5) is 0 Å². The van der Waals surface area contributed by atoms with Gasteiger partial charge in [0.05, 0.1) is 6.61 Å². The molecule has 92 valence electrons. The van der Waals surface area contributed by atoms with Gasteiger partial charge in [0.15, 0.2) is 0 Å². The average molecular weight is 218 g/mol. The van der Waals surface area contributed by atoms with E-state index in [1.807, 2.05) is 0 Å². The largest absolute Gasteiger partial charge is 0.385 e. The Morgan fingerprint density at radius 2 is 1.93 bits per heavy atom. The number of hydrogen-bond acceptors (Lipinski definition) is 4. The predicted molar refractivity (Wildman–Crippen MR) is 63.0 cm³/mol. The van der Waals surface area contributed by atoms with Crippen LogP contribution < -0.4 is 5.73 Å². The first-order valence-corrected chi connectivity index (χ1v) is 5.55. The van der Waals surface area contributed by atoms with E-state index in [0.717, 1.165) is 26.2 Å². The van der Waals surface area contributed by atoms with Crippen LogP contribution in [0.1, 0.15) is 13.3 Å². The minimum atomic E-state index is 0.391. The summed E-state index contributed by atoms with van der Waals surface area (Å²) < 4.78 is 10.2. The number of methoxy groups -OCH3 is 2. The molecule has 0 aliphatic heterocycles. The molecule has 2 atom stereocenters. The van der Waals surface area contributed by atoms with Gasteiger partial charge >= 0.3 is 0 Å². The molecule has 4 nitrogen and oxygen atoms in total. The van der Waals surface area contributed by atoms with E-state index in [1.165, 1.54) is 0 Å². The molecule has 0 spiro atoms. The van der Waals surface area contributed by atoms with Crippen molar-refractivity contribution < 1.29 is 9.47 Å². The molecule has 0 heterocycles. The van der Waals surface area contributed by atoms with Crippen LogP contribution in [0.3, 0.4) is 0 Å². The van der Waals surface area contributed by atoms with Gasteiger partial charge in [0.2, 0.25) is 0 Å². The molecule has 0 aromatic rings. The summed E-state index contributed by atoms with van der Waals surface area (Å²) in [6.07, 6.45) is 1.04. The fourth-order valence-electron chi connectivity index (χ4n) is 1.84. The first-order valence-electron chi connectivity index (χ1n) is 5.55. The molecule has 0 saturated heterocycles. The number of rotatable bonds is 9. The van der Waals surface area contributed by atoms with Gasteiger partial charge < -0.3 is 20.1 Å². The molecule has 0 bridgehead atoms. The molecule has 0 fully saturated rings. The molecule has 2 unspecified atom stereocenters. The molecule has 0 aliphatic carbocycles. The van der Waals surface area contributed by atoms with Crippen LogP contribution >= 0.6 is 0 Å². The van der Waals surface area contributed by atoms with E-state index in [1.54, 1.807) is 14.2 Å². The molecular formula is C11H26N2O2. The molecule has 0 radical (unpaired) electrons. The maximum atomic E-state index is 5.78. The van der Waals surface area contributed by atoms with E-state index < -0.39 is 0 Å². The zero-order valence-corrected chi connectivity index (χ0v) is 10.5. The van der Waals surface area contributed by atoms with Crippen LogP contribution in [0.2, 0.25) is 0 Å². The van der Waals surface area contributed by atoms with Crippen molar-refractivity contribution in [1.82, 2.24) is 4.90 Å². The SMILES string of the molecule is COCCCN(C)C(CN)C(C)COC. The van der Waals surface area contributed by atoms with Crippen molar-refractivity contribution in [3.05, 3.63) is 0 Å². The molecule has 0 aromatic heterocycles. The zero-order valence-electron chi connectivity index (χ0n) is 10.5. The van der Waals surface area contributed by atoms with Crippen LogP contribution in [0, 0.1) is 5.92 Å². The second-order valence-electron chi connectivity index (χ2n) is 4.06. The van der Waals surface area contributed by atoms with Crippen LogP contribution in [-0.2, 0) is 9.47 Å². The lowest BCUT2D eigenvalue weighted by Gasteiger charge is -2.31. The molecule has 0 saturated carbocycles. The van der Waals surface area contributed by atoms with E-state index in [9.17, 15) is 0 Å². The highest BCUT2D eigenvalue weighted by atomic mass is 16.5. The highest BCUT2D eigenvalue weighted by molar-refractivity contribution is 4.75. The van der Waals surface area contributed by atoms with Gasteiger partial charge in [-0.1, -0.05) is 6.92 Å². The second kappa shape index (κ2) is 9.09. The van der Waals surface area contributed by atoms with Crippen LogP contribution in [0.5, 0.6) is 0 Å². The van der Waals surface area contributed by atoms with Crippen LogP contribution in [0.15, 0.2) is 0 Å². The fourth-order valence-corrected chi connectivity index (χ4v) is 1.84. The number of likely N-dealkylation sites (N-methyl/N-ethyl adjacent to an activating group) is 1. The third-order valence-corrected chi connectivity index (χ3v) is 2.75. The van der Waals surface area contributed by atoms with Crippen molar-refractivity contribution in [2.45, 2.75) is 19.4 Å². The molecule has 0 aliphatic rings. The Hall–Kier alpha value is -0.160. The summed E-state index contributed by atoms with van der Waals surface area (Å²) in [7, 11) is 5.57. The lowest BCUT2D eigenvalue weighted by Crippen LogP contribution is -2.44. The quantitative estimate of drug-likeness (QED) is 0.575. The molecule has 4 heteroatoms. The maximum absolute atomic E-state index is 5.78. The van der Waals surface area contributed by atoms with E-state index >= 15 is 0 Å². The third kappa shape index (κ3) is 6.10. The Labute approximate surface area is 93.7 Å². The Balaban J connectivity index is 3.91. The predicted octanol–water partition coefficient (Wildman–Crippen LogP) is 0.565. The normalized spacial score (nSPS) is 15.6. The summed E-state index contributed by atoms with van der Waals surface area (Å²) in [6.45, 7) is 5.43. The third-order valence-electron chi connectivity index (χ3n) is 2.75. The maximum Gasteiger partial charge on any atom is 0.0503 e. The monoisotopic (exact) mass is 218 g/mol. The van der Waals surface area contributed by atoms with E-state index in [2.05, 4.69) is 18.9 Å². The van der Waals surface area contributed by atoms with Gasteiger partial charge in [0.1, 0.15) is 0 Å². The number of ether oxygens (including phenoxy) is 2. The summed E-state index contributed by atoms with van der Waals surface area (Å²) >= 11 is 0. The van der Waals surface area contributed by atoms with Gasteiger partial charge in [-0.05, 0) is 19.4 Å². The van der Waals surface area contributed by atoms with Crippen molar-refractivity contribution in [2.24, 2.45) is 11.7 Å². The van der Waals surface area contributed by atoms with Crippen molar-refractivity contribution in [3.8, 4) is 0 Å². The van der Waals surface area contributed by atoms with Gasteiger partial charge in [-0.25, -0.2) is 0 Å². The smallest absolute Gasteiger partial charge is 0.0503 e. The first kappa shape index (κ1) is 14.8. The summed E-state index contributed by atoms with van der Waals surface area (Å²) in [4.78, 5) is 2.29. The first-order chi connectivity index (χ1) is 7.17. The van der Waals surface area contributed by atoms with Crippen molar-refractivity contribution in [3.63, 3.8) is 0 Å². The minimum absolute atomic E-state index is 0.391. The van der Waals surface area contributed by atoms with E-state index in [-0.39, 0.29) is 0 Å². The summed E-state index contributed by atoms with van der Waals surface area (Å²) in [6, 6.07) is 0.391. The van der Waals surface area contributed by atoms with Gasteiger partial charge in [0, 0.05) is 40.0 Å². The highest BCUT2D eigenvalue weighted by Crippen LogP contribution is 2.09. The molecule has 0 amide bonds. The van der Waals surface area contributed by atoms with E-state index in [0.29, 0.717) is 18.5 Å². The van der Waals surface area contributed by atoms with Crippen LogP contribution in [0.25, 0.3) is 0 Å². The number of hydrogen-bond donors (Lipinski definition) is 1. The second-order valence-corrected chi connectivity index (χ2v) is 4.06. The van der Waals surface area contributed by atoms with Crippen molar-refractivity contribution in [1.29, 1.82) is 0 Å². The number of nitrogens with two attached hydrogens (primary N) is 1. The Bertz CT molecular complexity index is 145. The van der Waals surface area contributed by atoms with E-state index in [4.69, 9.17) is 15.2 Å². The van der Waals surface area contributed by atoms with Gasteiger partial charge in [-0.2, -0.15) is 0 Å². The summed E-state index contributed by atoms with van der Waals surface area (Å²) in [5.74, 6) is 0.465. The fraction of sp³-hybridized carbons (Fsp3) is 1.00. The Morgan fingerprint density at radius 1 is 1.27 bits per heavy atom. The van der Waals surface area contributed by atoms with Gasteiger partial charge in [0.25, 0.3) is 0 Å². The Morgan fingerprint density at radius 3 is 2.40 bits per heavy atom. The highest BCUT2D eigenvalue weighted by Gasteiger charge is 2.19. The van der Waals surface area contributed by atoms with Crippen molar-refractivity contribution >= 4 is 0 Å². The standard InChI is InChI=1S/C11H26N2O2/c1-10(9-15-4)11(8-12)13(2)6-5-7-14-3/h10-11H,5-9,12H2,1-4H3.